The molecule has 2 atom stereocenters. The van der Waals surface area contributed by atoms with Gasteiger partial charge in [-0.15, -0.1) is 0 Å². The molecule has 3 aromatic rings. The second-order valence-electron chi connectivity index (χ2n) is 7.76. The summed E-state index contributed by atoms with van der Waals surface area (Å²) in [6.07, 6.45) is 2.10. The molecule has 7 heteroatoms. The molecule has 0 aliphatic carbocycles. The highest BCUT2D eigenvalue weighted by Gasteiger charge is 2.17. The Morgan fingerprint density at radius 2 is 2.00 bits per heavy atom. The first-order chi connectivity index (χ1) is 15.0. The largest absolute Gasteiger partial charge is 0.491 e. The number of furan rings is 1. The van der Waals surface area contributed by atoms with E-state index in [1.54, 1.807) is 24.3 Å². The van der Waals surface area contributed by atoms with Gasteiger partial charge in [-0.2, -0.15) is 0 Å². The van der Waals surface area contributed by atoms with E-state index in [2.05, 4.69) is 5.32 Å². The Hall–Kier alpha value is -3.06. The highest BCUT2D eigenvalue weighted by atomic mass is 19.1. The van der Waals surface area contributed by atoms with Gasteiger partial charge < -0.3 is 23.9 Å². The molecule has 0 radical (unpaired) electrons. The van der Waals surface area contributed by atoms with Crippen LogP contribution in [-0.2, 0) is 16.1 Å². The van der Waals surface area contributed by atoms with Crippen LogP contribution in [0.3, 0.4) is 0 Å². The van der Waals surface area contributed by atoms with Crippen LogP contribution in [0, 0.1) is 5.82 Å². The van der Waals surface area contributed by atoms with E-state index in [4.69, 9.17) is 18.6 Å². The zero-order chi connectivity index (χ0) is 21.8. The molecule has 1 aromatic heterocycles. The molecule has 6 nitrogen and oxygen atoms in total. The van der Waals surface area contributed by atoms with Gasteiger partial charge in [-0.3, -0.25) is 4.79 Å². The number of halogens is 1. The van der Waals surface area contributed by atoms with Crippen molar-refractivity contribution in [2.75, 3.05) is 13.2 Å². The van der Waals surface area contributed by atoms with E-state index in [1.807, 2.05) is 19.1 Å². The molecule has 1 N–H and O–H groups in total. The fourth-order valence-corrected chi connectivity index (χ4v) is 3.58. The molecule has 4 rings (SSSR count). The average molecular weight is 427 g/mol. The van der Waals surface area contributed by atoms with Gasteiger partial charge in [0.2, 0.25) is 5.91 Å². The number of ether oxygens (including phenoxy) is 3. The Labute approximate surface area is 180 Å². The van der Waals surface area contributed by atoms with Gasteiger partial charge in [0.25, 0.3) is 0 Å². The number of nitrogens with one attached hydrogen (secondary N) is 1. The predicted molar refractivity (Wildman–Crippen MR) is 114 cm³/mol. The van der Waals surface area contributed by atoms with Gasteiger partial charge in [-0.05, 0) is 56.2 Å². The minimum Gasteiger partial charge on any atom is -0.491 e. The number of benzene rings is 2. The van der Waals surface area contributed by atoms with Crippen molar-refractivity contribution in [3.8, 4) is 11.5 Å². The molecule has 164 valence electrons. The zero-order valence-electron chi connectivity index (χ0n) is 17.7. The Morgan fingerprint density at radius 1 is 1.19 bits per heavy atom. The van der Waals surface area contributed by atoms with Gasteiger partial charge in [0.1, 0.15) is 41.9 Å². The maximum atomic E-state index is 14.5. The molecular formula is C24H26FNO5. The SMILES string of the molecule is CC(=O)NC(C)c1cc2cc(OCc3ccc(OC[C@@H]4CCCO4)cc3F)ccc2o1. The van der Waals surface area contributed by atoms with Crippen molar-refractivity contribution in [2.45, 2.75) is 45.4 Å². The molecular weight excluding hydrogens is 401 g/mol. The summed E-state index contributed by atoms with van der Waals surface area (Å²) in [6.45, 7) is 4.61. The van der Waals surface area contributed by atoms with Crippen molar-refractivity contribution in [1.29, 1.82) is 0 Å². The first-order valence-corrected chi connectivity index (χ1v) is 10.4. The molecule has 1 saturated heterocycles. The Balaban J connectivity index is 1.37. The molecule has 2 heterocycles. The van der Waals surface area contributed by atoms with Gasteiger partial charge in [0.05, 0.1) is 12.1 Å². The zero-order valence-corrected chi connectivity index (χ0v) is 17.7. The number of amides is 1. The normalized spacial score (nSPS) is 16.9. The van der Waals surface area contributed by atoms with Crippen LogP contribution >= 0.6 is 0 Å². The van der Waals surface area contributed by atoms with Gasteiger partial charge in [-0.25, -0.2) is 4.39 Å². The lowest BCUT2D eigenvalue weighted by Crippen LogP contribution is -2.23. The van der Waals surface area contributed by atoms with E-state index < -0.39 is 0 Å². The summed E-state index contributed by atoms with van der Waals surface area (Å²) in [5.74, 6) is 1.25. The number of fused-ring (bicyclic) bond motifs is 1. The third kappa shape index (κ3) is 5.35. The molecule has 1 amide bonds. The minimum atomic E-state index is -0.374. The maximum absolute atomic E-state index is 14.5. The predicted octanol–water partition coefficient (Wildman–Crippen LogP) is 4.91. The van der Waals surface area contributed by atoms with E-state index in [1.165, 1.54) is 13.0 Å². The number of carbonyl (C=O) groups is 1. The van der Waals surface area contributed by atoms with E-state index in [0.29, 0.717) is 35.0 Å². The summed E-state index contributed by atoms with van der Waals surface area (Å²) in [6, 6.07) is 11.8. The molecule has 2 aromatic carbocycles. The lowest BCUT2D eigenvalue weighted by atomic mass is 10.2. The van der Waals surface area contributed by atoms with E-state index in [0.717, 1.165) is 24.8 Å². The third-order valence-electron chi connectivity index (χ3n) is 5.23. The van der Waals surface area contributed by atoms with Crippen LogP contribution in [0.2, 0.25) is 0 Å². The van der Waals surface area contributed by atoms with E-state index in [9.17, 15) is 9.18 Å². The van der Waals surface area contributed by atoms with E-state index >= 15 is 0 Å². The van der Waals surface area contributed by atoms with Crippen LogP contribution in [0.1, 0.15) is 44.1 Å². The van der Waals surface area contributed by atoms with Crippen molar-refractivity contribution >= 4 is 16.9 Å². The smallest absolute Gasteiger partial charge is 0.217 e. The van der Waals surface area contributed by atoms with E-state index in [-0.39, 0.29) is 30.5 Å². The van der Waals surface area contributed by atoms with Crippen LogP contribution in [0.25, 0.3) is 11.0 Å². The number of rotatable bonds is 8. The van der Waals surface area contributed by atoms with Crippen molar-refractivity contribution < 1.29 is 27.8 Å². The van der Waals surface area contributed by atoms with Crippen molar-refractivity contribution in [3.05, 3.63) is 59.6 Å². The highest BCUT2D eigenvalue weighted by Crippen LogP contribution is 2.28. The van der Waals surface area contributed by atoms with Crippen LogP contribution in [0.15, 0.2) is 46.9 Å². The Morgan fingerprint density at radius 3 is 2.74 bits per heavy atom. The molecule has 1 aliphatic heterocycles. The molecule has 0 spiro atoms. The number of hydrogen-bond donors (Lipinski definition) is 1. The van der Waals surface area contributed by atoms with Crippen LogP contribution in [0.4, 0.5) is 4.39 Å². The summed E-state index contributed by atoms with van der Waals surface area (Å²) < 4.78 is 37.2. The summed E-state index contributed by atoms with van der Waals surface area (Å²) in [5.41, 5.74) is 1.13. The first kappa shape index (κ1) is 21.2. The van der Waals surface area contributed by atoms with Crippen LogP contribution in [-0.4, -0.2) is 25.2 Å². The highest BCUT2D eigenvalue weighted by molar-refractivity contribution is 5.80. The topological polar surface area (TPSA) is 69.9 Å². The first-order valence-electron chi connectivity index (χ1n) is 10.4. The summed E-state index contributed by atoms with van der Waals surface area (Å²) >= 11 is 0. The van der Waals surface area contributed by atoms with Crippen molar-refractivity contribution in [1.82, 2.24) is 5.32 Å². The summed E-state index contributed by atoms with van der Waals surface area (Å²) in [5, 5.41) is 3.64. The second-order valence-corrected chi connectivity index (χ2v) is 7.76. The molecule has 1 unspecified atom stereocenters. The van der Waals surface area contributed by atoms with Crippen LogP contribution < -0.4 is 14.8 Å². The number of hydrogen-bond acceptors (Lipinski definition) is 5. The molecule has 31 heavy (non-hydrogen) atoms. The van der Waals surface area contributed by atoms with Gasteiger partial charge >= 0.3 is 0 Å². The minimum absolute atomic E-state index is 0.0886. The lowest BCUT2D eigenvalue weighted by molar-refractivity contribution is -0.119. The average Bonchev–Trinajstić information content (AvgIpc) is 3.40. The quantitative estimate of drug-likeness (QED) is 0.553. The Bertz CT molecular complexity index is 1060. The molecule has 0 bridgehead atoms. The fraction of sp³-hybridized carbons (Fsp3) is 0.375. The summed E-state index contributed by atoms with van der Waals surface area (Å²) in [7, 11) is 0. The number of carbonyl (C=O) groups excluding carboxylic acids is 1. The molecule has 1 fully saturated rings. The molecule has 1 aliphatic rings. The molecule has 0 saturated carbocycles. The standard InChI is InChI=1S/C24H26FNO5/c1-15(26-16(2)27)24-11-18-10-19(7-8-23(18)31-24)29-13-17-5-6-20(12-22(17)25)30-14-21-4-3-9-28-21/h5-8,10-12,15,21H,3-4,9,13-14H2,1-2H3,(H,26,27)/t15?,21-/m0/s1. The van der Waals surface area contributed by atoms with Crippen LogP contribution in [0.5, 0.6) is 11.5 Å². The van der Waals surface area contributed by atoms with Crippen molar-refractivity contribution in [3.63, 3.8) is 0 Å². The maximum Gasteiger partial charge on any atom is 0.217 e. The Kier molecular flexibility index (Phi) is 6.42. The monoisotopic (exact) mass is 427 g/mol. The van der Waals surface area contributed by atoms with Gasteiger partial charge in [0.15, 0.2) is 0 Å². The van der Waals surface area contributed by atoms with Gasteiger partial charge in [0, 0.05) is 30.5 Å². The second kappa shape index (κ2) is 9.39. The summed E-state index contributed by atoms with van der Waals surface area (Å²) in [4.78, 5) is 11.2. The fourth-order valence-electron chi connectivity index (χ4n) is 3.58. The lowest BCUT2D eigenvalue weighted by Gasteiger charge is -2.12. The van der Waals surface area contributed by atoms with Gasteiger partial charge in [-0.1, -0.05) is 0 Å². The van der Waals surface area contributed by atoms with Crippen molar-refractivity contribution in [2.24, 2.45) is 0 Å². The third-order valence-corrected chi connectivity index (χ3v) is 5.23.